The average molecular weight is 315 g/mol. The van der Waals surface area contributed by atoms with Crippen LogP contribution in [0.1, 0.15) is 5.82 Å². The molecule has 0 aliphatic heterocycles. The van der Waals surface area contributed by atoms with E-state index in [1.165, 1.54) is 0 Å². The van der Waals surface area contributed by atoms with Gasteiger partial charge in [0, 0.05) is 28.9 Å². The fourth-order valence-corrected chi connectivity index (χ4v) is 1.96. The van der Waals surface area contributed by atoms with E-state index in [1.807, 2.05) is 36.7 Å². The van der Waals surface area contributed by atoms with Crippen molar-refractivity contribution in [1.82, 2.24) is 9.97 Å². The number of hydrogen-bond donors (Lipinski definition) is 1. The van der Waals surface area contributed by atoms with Crippen molar-refractivity contribution in [3.05, 3.63) is 47.0 Å². The summed E-state index contributed by atoms with van der Waals surface area (Å²) in [5.41, 5.74) is 7.55. The summed E-state index contributed by atoms with van der Waals surface area (Å²) in [6, 6.07) is 8.01. The normalized spacial score (nSPS) is 9.76. The van der Waals surface area contributed by atoms with Gasteiger partial charge in [-0.1, -0.05) is 34.1 Å². The Morgan fingerprint density at radius 2 is 1.76 bits per heavy atom. The molecule has 0 amide bonds. The molecule has 17 heavy (non-hydrogen) atoms. The van der Waals surface area contributed by atoms with Crippen LogP contribution < -0.4 is 5.73 Å². The maximum Gasteiger partial charge on any atom is 0.129 e. The molecule has 2 aromatic rings. The molecule has 0 aliphatic rings. The first-order chi connectivity index (χ1) is 7.81. The second-order valence-corrected chi connectivity index (χ2v) is 4.26. The van der Waals surface area contributed by atoms with E-state index >= 15 is 0 Å². The summed E-state index contributed by atoms with van der Waals surface area (Å²) < 4.78 is 1.05. The SMILES string of the molecule is Cl.NCCc1ncc(-c2ccccc2Br)cn1. The van der Waals surface area contributed by atoms with Gasteiger partial charge >= 0.3 is 0 Å². The summed E-state index contributed by atoms with van der Waals surface area (Å²) in [5, 5.41) is 0. The number of hydrogen-bond acceptors (Lipinski definition) is 3. The average Bonchev–Trinajstić information content (AvgIpc) is 2.31. The van der Waals surface area contributed by atoms with E-state index in [4.69, 9.17) is 5.73 Å². The standard InChI is InChI=1S/C12H12BrN3.ClH/c13-11-4-2-1-3-10(11)9-7-15-12(5-6-14)16-8-9;/h1-4,7-8H,5-6,14H2;1H. The lowest BCUT2D eigenvalue weighted by Gasteiger charge is -2.04. The lowest BCUT2D eigenvalue weighted by Crippen LogP contribution is -2.06. The van der Waals surface area contributed by atoms with Crippen molar-refractivity contribution >= 4 is 28.3 Å². The summed E-state index contributed by atoms with van der Waals surface area (Å²) >= 11 is 3.51. The van der Waals surface area contributed by atoms with Gasteiger partial charge in [0.2, 0.25) is 0 Å². The van der Waals surface area contributed by atoms with Crippen LogP contribution in [-0.4, -0.2) is 16.5 Å². The van der Waals surface area contributed by atoms with Crippen molar-refractivity contribution < 1.29 is 0 Å². The lowest BCUT2D eigenvalue weighted by molar-refractivity contribution is 0.868. The molecule has 0 unspecified atom stereocenters. The van der Waals surface area contributed by atoms with Crippen LogP contribution in [0.2, 0.25) is 0 Å². The van der Waals surface area contributed by atoms with Crippen molar-refractivity contribution in [2.75, 3.05) is 6.54 Å². The Morgan fingerprint density at radius 3 is 2.35 bits per heavy atom. The van der Waals surface area contributed by atoms with Crippen LogP contribution in [0.4, 0.5) is 0 Å². The molecule has 3 nitrogen and oxygen atoms in total. The van der Waals surface area contributed by atoms with Crippen molar-refractivity contribution in [3.8, 4) is 11.1 Å². The third kappa shape index (κ3) is 3.49. The molecule has 1 aromatic heterocycles. The van der Waals surface area contributed by atoms with E-state index in [9.17, 15) is 0 Å². The van der Waals surface area contributed by atoms with E-state index in [2.05, 4.69) is 25.9 Å². The Labute approximate surface area is 115 Å². The van der Waals surface area contributed by atoms with Crippen molar-refractivity contribution in [3.63, 3.8) is 0 Å². The summed E-state index contributed by atoms with van der Waals surface area (Å²) in [5.74, 6) is 0.790. The van der Waals surface area contributed by atoms with Crippen molar-refractivity contribution in [2.45, 2.75) is 6.42 Å². The third-order valence-corrected chi connectivity index (χ3v) is 2.95. The van der Waals surface area contributed by atoms with Crippen LogP contribution in [-0.2, 0) is 6.42 Å². The monoisotopic (exact) mass is 313 g/mol. The highest BCUT2D eigenvalue weighted by atomic mass is 79.9. The second kappa shape index (κ2) is 6.69. The minimum atomic E-state index is 0. The third-order valence-electron chi connectivity index (χ3n) is 2.26. The molecule has 5 heteroatoms. The van der Waals surface area contributed by atoms with E-state index < -0.39 is 0 Å². The first kappa shape index (κ1) is 14.1. The molecular formula is C12H13BrClN3. The predicted molar refractivity (Wildman–Crippen MR) is 75.2 cm³/mol. The molecule has 0 bridgehead atoms. The van der Waals surface area contributed by atoms with E-state index in [1.54, 1.807) is 0 Å². The van der Waals surface area contributed by atoms with Gasteiger partial charge in [0.1, 0.15) is 5.82 Å². The van der Waals surface area contributed by atoms with E-state index in [0.717, 1.165) is 27.8 Å². The van der Waals surface area contributed by atoms with Crippen molar-refractivity contribution in [2.24, 2.45) is 5.73 Å². The van der Waals surface area contributed by atoms with E-state index in [0.29, 0.717) is 6.54 Å². The summed E-state index contributed by atoms with van der Waals surface area (Å²) in [4.78, 5) is 8.55. The molecule has 2 rings (SSSR count). The quantitative estimate of drug-likeness (QED) is 0.948. The second-order valence-electron chi connectivity index (χ2n) is 3.41. The van der Waals surface area contributed by atoms with Crippen LogP contribution in [0.5, 0.6) is 0 Å². The topological polar surface area (TPSA) is 51.8 Å². The van der Waals surface area contributed by atoms with Gasteiger partial charge in [0.25, 0.3) is 0 Å². The number of nitrogens with zero attached hydrogens (tertiary/aromatic N) is 2. The summed E-state index contributed by atoms with van der Waals surface area (Å²) in [6.45, 7) is 0.578. The smallest absolute Gasteiger partial charge is 0.129 e. The molecule has 1 heterocycles. The zero-order chi connectivity index (χ0) is 11.4. The Bertz CT molecular complexity index is 473. The Morgan fingerprint density at radius 1 is 1.12 bits per heavy atom. The van der Waals surface area contributed by atoms with Crippen molar-refractivity contribution in [1.29, 1.82) is 0 Å². The Hall–Kier alpha value is -0.970. The first-order valence-corrected chi connectivity index (χ1v) is 5.86. The van der Waals surface area contributed by atoms with Crippen LogP contribution in [0.25, 0.3) is 11.1 Å². The summed E-state index contributed by atoms with van der Waals surface area (Å²) in [7, 11) is 0. The minimum absolute atomic E-state index is 0. The van der Waals surface area contributed by atoms with Gasteiger partial charge in [-0.05, 0) is 18.2 Å². The number of aromatic nitrogens is 2. The molecule has 0 saturated heterocycles. The number of nitrogens with two attached hydrogens (primary N) is 1. The maximum atomic E-state index is 5.45. The largest absolute Gasteiger partial charge is 0.330 e. The molecular weight excluding hydrogens is 302 g/mol. The van der Waals surface area contributed by atoms with Gasteiger partial charge < -0.3 is 5.73 Å². The fourth-order valence-electron chi connectivity index (χ4n) is 1.45. The van der Waals surface area contributed by atoms with E-state index in [-0.39, 0.29) is 12.4 Å². The molecule has 1 aromatic carbocycles. The zero-order valence-electron chi connectivity index (χ0n) is 9.14. The summed E-state index contributed by atoms with van der Waals surface area (Å²) in [6.07, 6.45) is 4.38. The Kier molecular flexibility index (Phi) is 5.55. The molecule has 0 aliphatic carbocycles. The fraction of sp³-hybridized carbons (Fsp3) is 0.167. The van der Waals surface area contributed by atoms with Gasteiger partial charge in [-0.3, -0.25) is 0 Å². The van der Waals surface area contributed by atoms with Gasteiger partial charge in [-0.25, -0.2) is 9.97 Å². The molecule has 0 saturated carbocycles. The number of halogens is 2. The molecule has 0 spiro atoms. The van der Waals surface area contributed by atoms with Gasteiger partial charge in [-0.2, -0.15) is 0 Å². The predicted octanol–water partition coefficient (Wildman–Crippen LogP) is 2.83. The molecule has 0 fully saturated rings. The highest BCUT2D eigenvalue weighted by Gasteiger charge is 2.03. The highest BCUT2D eigenvalue weighted by molar-refractivity contribution is 9.10. The van der Waals surface area contributed by atoms with Crippen LogP contribution in [0.15, 0.2) is 41.1 Å². The van der Waals surface area contributed by atoms with Gasteiger partial charge in [0.15, 0.2) is 0 Å². The first-order valence-electron chi connectivity index (χ1n) is 5.07. The maximum absolute atomic E-state index is 5.45. The zero-order valence-corrected chi connectivity index (χ0v) is 11.5. The number of rotatable bonds is 3. The van der Waals surface area contributed by atoms with Crippen LogP contribution in [0, 0.1) is 0 Å². The molecule has 2 N–H and O–H groups in total. The van der Waals surface area contributed by atoms with Gasteiger partial charge in [0.05, 0.1) is 0 Å². The number of benzene rings is 1. The van der Waals surface area contributed by atoms with Crippen LogP contribution in [0.3, 0.4) is 0 Å². The van der Waals surface area contributed by atoms with Crippen LogP contribution >= 0.6 is 28.3 Å². The van der Waals surface area contributed by atoms with Gasteiger partial charge in [-0.15, -0.1) is 12.4 Å². The molecule has 0 atom stereocenters. The molecule has 90 valence electrons. The minimum Gasteiger partial charge on any atom is -0.330 e. The highest BCUT2D eigenvalue weighted by Crippen LogP contribution is 2.26. The lowest BCUT2D eigenvalue weighted by atomic mass is 10.1. The Balaban J connectivity index is 0.00000144. The molecule has 0 radical (unpaired) electrons.